The van der Waals surface area contributed by atoms with E-state index in [2.05, 4.69) is 36.2 Å². The van der Waals surface area contributed by atoms with Gasteiger partial charge in [0, 0.05) is 18.2 Å². The molecule has 5 nitrogen and oxygen atoms in total. The molecule has 5 heteroatoms. The van der Waals surface area contributed by atoms with Gasteiger partial charge in [0.25, 0.3) is 5.91 Å². The quantitative estimate of drug-likeness (QED) is 0.827. The zero-order valence-electron chi connectivity index (χ0n) is 17.4. The predicted octanol–water partition coefficient (Wildman–Crippen LogP) is 3.75. The van der Waals surface area contributed by atoms with E-state index in [1.54, 1.807) is 14.2 Å². The van der Waals surface area contributed by atoms with Gasteiger partial charge < -0.3 is 14.8 Å². The third kappa shape index (κ3) is 3.99. The van der Waals surface area contributed by atoms with Crippen LogP contribution in [0.25, 0.3) is 0 Å². The lowest BCUT2D eigenvalue weighted by Crippen LogP contribution is -2.47. The number of amides is 1. The number of rotatable bonds is 6. The minimum Gasteiger partial charge on any atom is -0.493 e. The van der Waals surface area contributed by atoms with Crippen LogP contribution in [0, 0.1) is 6.92 Å². The van der Waals surface area contributed by atoms with Crippen LogP contribution >= 0.6 is 0 Å². The Morgan fingerprint density at radius 1 is 1.18 bits per heavy atom. The molecule has 1 aliphatic rings. The molecule has 2 atom stereocenters. The number of ether oxygens (including phenoxy) is 2. The van der Waals surface area contributed by atoms with Crippen LogP contribution in [0.15, 0.2) is 36.4 Å². The number of likely N-dealkylation sites (N-methyl/N-ethyl adjacent to an activating group) is 1. The second-order valence-corrected chi connectivity index (χ2v) is 7.36. The van der Waals surface area contributed by atoms with Crippen molar-refractivity contribution >= 4 is 5.91 Å². The Kier molecular flexibility index (Phi) is 6.25. The zero-order valence-corrected chi connectivity index (χ0v) is 17.4. The van der Waals surface area contributed by atoms with Gasteiger partial charge in [-0.25, -0.2) is 0 Å². The molecule has 0 aliphatic carbocycles. The average Bonchev–Trinajstić information content (AvgIpc) is 2.71. The Labute approximate surface area is 167 Å². The van der Waals surface area contributed by atoms with E-state index in [0.29, 0.717) is 5.56 Å². The zero-order chi connectivity index (χ0) is 20.3. The van der Waals surface area contributed by atoms with Gasteiger partial charge in [-0.15, -0.1) is 0 Å². The summed E-state index contributed by atoms with van der Waals surface area (Å²) in [6, 6.07) is 11.8. The maximum absolute atomic E-state index is 12.8. The first-order valence-corrected chi connectivity index (χ1v) is 9.84. The van der Waals surface area contributed by atoms with Crippen molar-refractivity contribution in [2.75, 3.05) is 27.3 Å². The Hall–Kier alpha value is -2.53. The maximum Gasteiger partial charge on any atom is 0.251 e. The molecule has 0 radical (unpaired) electrons. The number of hydrogen-bond acceptors (Lipinski definition) is 4. The summed E-state index contributed by atoms with van der Waals surface area (Å²) in [6.45, 7) is 8.13. The van der Waals surface area contributed by atoms with Crippen LogP contribution in [0.3, 0.4) is 0 Å². The fourth-order valence-electron chi connectivity index (χ4n) is 4.04. The summed E-state index contributed by atoms with van der Waals surface area (Å²) in [4.78, 5) is 15.2. The van der Waals surface area contributed by atoms with E-state index in [-0.39, 0.29) is 18.0 Å². The van der Waals surface area contributed by atoms with Gasteiger partial charge in [-0.2, -0.15) is 0 Å². The molecule has 1 N–H and O–H groups in total. The molecule has 0 fully saturated rings. The Balaban J connectivity index is 1.90. The lowest BCUT2D eigenvalue weighted by molar-refractivity contribution is 0.0889. The summed E-state index contributed by atoms with van der Waals surface area (Å²) in [5.41, 5.74) is 4.28. The molecule has 0 spiro atoms. The molecule has 28 heavy (non-hydrogen) atoms. The smallest absolute Gasteiger partial charge is 0.251 e. The van der Waals surface area contributed by atoms with Gasteiger partial charge >= 0.3 is 0 Å². The third-order valence-corrected chi connectivity index (χ3v) is 5.58. The van der Waals surface area contributed by atoms with Gasteiger partial charge in [0.15, 0.2) is 11.5 Å². The molecule has 2 aromatic carbocycles. The van der Waals surface area contributed by atoms with Gasteiger partial charge in [0.1, 0.15) is 0 Å². The van der Waals surface area contributed by atoms with Crippen LogP contribution in [0.2, 0.25) is 0 Å². The van der Waals surface area contributed by atoms with Gasteiger partial charge in [-0.1, -0.05) is 24.6 Å². The topological polar surface area (TPSA) is 50.8 Å². The Bertz CT molecular complexity index is 832. The van der Waals surface area contributed by atoms with Crippen molar-refractivity contribution in [2.45, 2.75) is 39.3 Å². The van der Waals surface area contributed by atoms with E-state index in [0.717, 1.165) is 36.6 Å². The number of aryl methyl sites for hydroxylation is 1. The number of methoxy groups -OCH3 is 2. The third-order valence-electron chi connectivity index (χ3n) is 5.58. The lowest BCUT2D eigenvalue weighted by atomic mass is 9.88. The fraction of sp³-hybridized carbons (Fsp3) is 0.435. The molecule has 0 aromatic heterocycles. The molecule has 150 valence electrons. The predicted molar refractivity (Wildman–Crippen MR) is 111 cm³/mol. The van der Waals surface area contributed by atoms with Crippen molar-refractivity contribution in [2.24, 2.45) is 0 Å². The highest BCUT2D eigenvalue weighted by molar-refractivity contribution is 5.94. The van der Waals surface area contributed by atoms with Crippen LogP contribution in [0.4, 0.5) is 0 Å². The first-order valence-electron chi connectivity index (χ1n) is 9.84. The molecule has 3 rings (SSSR count). The average molecular weight is 383 g/mol. The molecule has 1 aliphatic heterocycles. The Morgan fingerprint density at radius 3 is 2.43 bits per heavy atom. The first-order chi connectivity index (χ1) is 13.5. The van der Waals surface area contributed by atoms with E-state index >= 15 is 0 Å². The fourth-order valence-corrected chi connectivity index (χ4v) is 4.04. The van der Waals surface area contributed by atoms with E-state index in [4.69, 9.17) is 9.47 Å². The van der Waals surface area contributed by atoms with Crippen molar-refractivity contribution in [3.05, 3.63) is 58.7 Å². The van der Waals surface area contributed by atoms with Crippen LogP contribution in [0.1, 0.15) is 46.9 Å². The monoisotopic (exact) mass is 382 g/mol. The van der Waals surface area contributed by atoms with Gasteiger partial charge in [-0.05, 0) is 62.2 Å². The van der Waals surface area contributed by atoms with Gasteiger partial charge in [0.2, 0.25) is 0 Å². The second kappa shape index (κ2) is 8.65. The minimum absolute atomic E-state index is 0.0452. The number of carbonyl (C=O) groups is 1. The largest absolute Gasteiger partial charge is 0.493 e. The summed E-state index contributed by atoms with van der Waals surface area (Å²) in [6.07, 6.45) is 0.957. The number of fused-ring (bicyclic) bond motifs is 1. The number of nitrogens with zero attached hydrogens (tertiary/aromatic N) is 1. The van der Waals surface area contributed by atoms with Crippen molar-refractivity contribution in [3.8, 4) is 11.5 Å². The Morgan fingerprint density at radius 2 is 1.82 bits per heavy atom. The van der Waals surface area contributed by atoms with Gasteiger partial charge in [-0.3, -0.25) is 9.69 Å². The van der Waals surface area contributed by atoms with Crippen molar-refractivity contribution in [3.63, 3.8) is 0 Å². The first kappa shape index (κ1) is 20.2. The molecule has 0 bridgehead atoms. The standard InChI is InChI=1S/C23H30N2O3/c1-6-25-12-11-18-13-20(27-4)21(28-5)14-19(18)22(25)16(3)24-23(26)17-9-7-15(2)8-10-17/h7-10,13-14,16,22H,6,11-12H2,1-5H3,(H,24,26)/t16-,22+/m1/s1. The summed E-state index contributed by atoms with van der Waals surface area (Å²) in [5.74, 6) is 1.43. The summed E-state index contributed by atoms with van der Waals surface area (Å²) >= 11 is 0. The van der Waals surface area contributed by atoms with E-state index in [9.17, 15) is 4.79 Å². The number of hydrogen-bond donors (Lipinski definition) is 1. The minimum atomic E-state index is -0.0501. The molecule has 0 saturated carbocycles. The number of nitrogens with one attached hydrogen (secondary N) is 1. The molecular weight excluding hydrogens is 352 g/mol. The number of benzene rings is 2. The molecular formula is C23H30N2O3. The highest BCUT2D eigenvalue weighted by Crippen LogP contribution is 2.39. The van der Waals surface area contributed by atoms with Crippen LogP contribution in [-0.4, -0.2) is 44.2 Å². The van der Waals surface area contributed by atoms with E-state index in [1.807, 2.05) is 31.2 Å². The lowest BCUT2D eigenvalue weighted by Gasteiger charge is -2.40. The second-order valence-electron chi connectivity index (χ2n) is 7.36. The molecule has 2 aromatic rings. The maximum atomic E-state index is 12.8. The highest BCUT2D eigenvalue weighted by Gasteiger charge is 2.33. The van der Waals surface area contributed by atoms with Crippen molar-refractivity contribution in [1.29, 1.82) is 0 Å². The number of carbonyl (C=O) groups excluding carboxylic acids is 1. The van der Waals surface area contributed by atoms with Gasteiger partial charge in [0.05, 0.1) is 20.3 Å². The molecule has 0 unspecified atom stereocenters. The highest BCUT2D eigenvalue weighted by atomic mass is 16.5. The van der Waals surface area contributed by atoms with Crippen LogP contribution in [-0.2, 0) is 6.42 Å². The van der Waals surface area contributed by atoms with E-state index in [1.165, 1.54) is 11.1 Å². The van der Waals surface area contributed by atoms with E-state index < -0.39 is 0 Å². The SMILES string of the molecule is CCN1CCc2cc(OC)c(OC)cc2[C@@H]1[C@@H](C)NC(=O)c1ccc(C)cc1. The summed E-state index contributed by atoms with van der Waals surface area (Å²) < 4.78 is 11.0. The normalized spacial score (nSPS) is 17.5. The van der Waals surface area contributed by atoms with Crippen LogP contribution in [0.5, 0.6) is 11.5 Å². The molecule has 1 heterocycles. The van der Waals surface area contributed by atoms with Crippen molar-refractivity contribution < 1.29 is 14.3 Å². The summed E-state index contributed by atoms with van der Waals surface area (Å²) in [7, 11) is 3.32. The van der Waals surface area contributed by atoms with Crippen molar-refractivity contribution in [1.82, 2.24) is 10.2 Å². The molecule has 0 saturated heterocycles. The molecule has 1 amide bonds. The van der Waals surface area contributed by atoms with Crippen LogP contribution < -0.4 is 14.8 Å². The summed E-state index contributed by atoms with van der Waals surface area (Å²) in [5, 5.41) is 3.20.